The molecule has 0 unspecified atom stereocenters. The molecule has 0 saturated heterocycles. The van der Waals surface area contributed by atoms with E-state index in [1.807, 2.05) is 6.92 Å². The van der Waals surface area contributed by atoms with Gasteiger partial charge in [-0.1, -0.05) is 12.1 Å². The minimum atomic E-state index is -3.11. The highest BCUT2D eigenvalue weighted by atomic mass is 32.2. The second kappa shape index (κ2) is 11.0. The number of sulfonamides is 1. The SMILES string of the molecule is CCS(=O)(=O)N(C)CCCNC(=NC)NCCc1ccc(C)c(OC)c1. The topological polar surface area (TPSA) is 83.0 Å². The van der Waals surface area contributed by atoms with E-state index in [9.17, 15) is 8.42 Å². The fourth-order valence-corrected chi connectivity index (χ4v) is 3.28. The van der Waals surface area contributed by atoms with Gasteiger partial charge in [0.05, 0.1) is 12.9 Å². The van der Waals surface area contributed by atoms with E-state index >= 15 is 0 Å². The quantitative estimate of drug-likeness (QED) is 0.362. The first kappa shape index (κ1) is 22.2. The Morgan fingerprint density at radius 3 is 2.58 bits per heavy atom. The number of aryl methyl sites for hydroxylation is 1. The highest BCUT2D eigenvalue weighted by Gasteiger charge is 2.13. The number of guanidine groups is 1. The van der Waals surface area contributed by atoms with E-state index < -0.39 is 10.0 Å². The summed E-state index contributed by atoms with van der Waals surface area (Å²) in [5.74, 6) is 1.74. The third-order valence-corrected chi connectivity index (χ3v) is 6.05. The smallest absolute Gasteiger partial charge is 0.213 e. The number of ether oxygens (including phenoxy) is 1. The molecule has 0 amide bonds. The van der Waals surface area contributed by atoms with Crippen LogP contribution in [0.5, 0.6) is 5.75 Å². The summed E-state index contributed by atoms with van der Waals surface area (Å²) in [4.78, 5) is 4.19. The molecule has 7 nitrogen and oxygen atoms in total. The van der Waals surface area contributed by atoms with Crippen molar-refractivity contribution in [1.82, 2.24) is 14.9 Å². The Kier molecular flexibility index (Phi) is 9.43. The molecular weight excluding hydrogens is 352 g/mol. The predicted molar refractivity (Wildman–Crippen MR) is 108 cm³/mol. The molecule has 0 fully saturated rings. The summed E-state index contributed by atoms with van der Waals surface area (Å²) in [6.07, 6.45) is 1.57. The normalized spacial score (nSPS) is 12.3. The lowest BCUT2D eigenvalue weighted by Gasteiger charge is -2.17. The molecular formula is C18H32N4O3S. The van der Waals surface area contributed by atoms with Gasteiger partial charge in [-0.15, -0.1) is 0 Å². The van der Waals surface area contributed by atoms with Gasteiger partial charge in [0.2, 0.25) is 10.0 Å². The minimum absolute atomic E-state index is 0.129. The summed E-state index contributed by atoms with van der Waals surface area (Å²) >= 11 is 0. The highest BCUT2D eigenvalue weighted by molar-refractivity contribution is 7.89. The van der Waals surface area contributed by atoms with Crippen molar-refractivity contribution in [1.29, 1.82) is 0 Å². The summed E-state index contributed by atoms with van der Waals surface area (Å²) in [5, 5.41) is 6.47. The predicted octanol–water partition coefficient (Wildman–Crippen LogP) is 1.38. The number of nitrogens with one attached hydrogen (secondary N) is 2. The average molecular weight is 385 g/mol. The molecule has 0 heterocycles. The molecule has 0 aliphatic rings. The van der Waals surface area contributed by atoms with Crippen LogP contribution in [0.25, 0.3) is 0 Å². The van der Waals surface area contributed by atoms with Crippen LogP contribution in [0.15, 0.2) is 23.2 Å². The summed E-state index contributed by atoms with van der Waals surface area (Å²) in [7, 11) is 1.90. The largest absolute Gasteiger partial charge is 0.496 e. The first-order valence-electron chi connectivity index (χ1n) is 8.86. The zero-order valence-corrected chi connectivity index (χ0v) is 17.3. The van der Waals surface area contributed by atoms with Crippen LogP contribution in [0.4, 0.5) is 0 Å². The molecule has 1 rings (SSSR count). The molecule has 0 aliphatic carbocycles. The molecule has 0 bridgehead atoms. The van der Waals surface area contributed by atoms with Crippen LogP contribution in [-0.4, -0.2) is 65.3 Å². The van der Waals surface area contributed by atoms with E-state index in [1.54, 1.807) is 28.1 Å². The van der Waals surface area contributed by atoms with Gasteiger partial charge < -0.3 is 15.4 Å². The number of benzene rings is 1. The summed E-state index contributed by atoms with van der Waals surface area (Å²) in [6, 6.07) is 6.21. The Morgan fingerprint density at radius 2 is 1.96 bits per heavy atom. The van der Waals surface area contributed by atoms with E-state index in [1.165, 1.54) is 9.87 Å². The van der Waals surface area contributed by atoms with Crippen LogP contribution in [0.3, 0.4) is 0 Å². The Bertz CT molecular complexity index is 690. The first-order chi connectivity index (χ1) is 12.3. The lowest BCUT2D eigenvalue weighted by molar-refractivity contribution is 0.411. The van der Waals surface area contributed by atoms with Gasteiger partial charge in [-0.25, -0.2) is 12.7 Å². The maximum Gasteiger partial charge on any atom is 0.213 e. The molecule has 1 aromatic carbocycles. The first-order valence-corrected chi connectivity index (χ1v) is 10.5. The van der Waals surface area contributed by atoms with Gasteiger partial charge in [-0.2, -0.15) is 0 Å². The zero-order valence-electron chi connectivity index (χ0n) is 16.5. The molecule has 26 heavy (non-hydrogen) atoms. The van der Waals surface area contributed by atoms with E-state index in [0.717, 1.165) is 24.3 Å². The number of rotatable bonds is 10. The molecule has 0 atom stereocenters. The van der Waals surface area contributed by atoms with Crippen molar-refractivity contribution in [3.05, 3.63) is 29.3 Å². The molecule has 1 aromatic rings. The molecule has 8 heteroatoms. The molecule has 0 saturated carbocycles. The maximum absolute atomic E-state index is 11.7. The van der Waals surface area contributed by atoms with Crippen molar-refractivity contribution in [2.24, 2.45) is 4.99 Å². The summed E-state index contributed by atoms with van der Waals surface area (Å²) in [6.45, 7) is 5.57. The third-order valence-electron chi connectivity index (χ3n) is 4.18. The molecule has 148 valence electrons. The van der Waals surface area contributed by atoms with Crippen molar-refractivity contribution in [2.45, 2.75) is 26.7 Å². The van der Waals surface area contributed by atoms with E-state index in [-0.39, 0.29) is 5.75 Å². The van der Waals surface area contributed by atoms with Crippen molar-refractivity contribution in [2.75, 3.05) is 46.6 Å². The number of aliphatic imine (C=N–C) groups is 1. The van der Waals surface area contributed by atoms with Crippen LogP contribution >= 0.6 is 0 Å². The minimum Gasteiger partial charge on any atom is -0.496 e. The van der Waals surface area contributed by atoms with Gasteiger partial charge >= 0.3 is 0 Å². The van der Waals surface area contributed by atoms with Gasteiger partial charge in [-0.05, 0) is 43.9 Å². The number of nitrogens with zero attached hydrogens (tertiary/aromatic N) is 2. The van der Waals surface area contributed by atoms with Crippen LogP contribution < -0.4 is 15.4 Å². The molecule has 0 aromatic heterocycles. The number of hydrogen-bond donors (Lipinski definition) is 2. The third kappa shape index (κ3) is 7.21. The van der Waals surface area contributed by atoms with Gasteiger partial charge in [0.15, 0.2) is 5.96 Å². The summed E-state index contributed by atoms with van der Waals surface area (Å²) < 4.78 is 30.1. The summed E-state index contributed by atoms with van der Waals surface area (Å²) in [5.41, 5.74) is 2.32. The van der Waals surface area contributed by atoms with E-state index in [4.69, 9.17) is 4.74 Å². The number of methoxy groups -OCH3 is 1. The van der Waals surface area contributed by atoms with Gasteiger partial charge in [0, 0.05) is 33.7 Å². The van der Waals surface area contributed by atoms with E-state index in [2.05, 4.69) is 33.8 Å². The standard InChI is InChI=1S/C18H32N4O3S/c1-6-26(23,24)22(4)13-7-11-20-18(19-3)21-12-10-16-9-8-15(2)17(14-16)25-5/h8-9,14H,6-7,10-13H2,1-5H3,(H2,19,20,21). The Balaban J connectivity index is 2.33. The highest BCUT2D eigenvalue weighted by Crippen LogP contribution is 2.18. The fraction of sp³-hybridized carbons (Fsp3) is 0.611. The van der Waals surface area contributed by atoms with Crippen molar-refractivity contribution in [3.63, 3.8) is 0 Å². The Hall–Kier alpha value is -1.80. The van der Waals surface area contributed by atoms with Crippen molar-refractivity contribution < 1.29 is 13.2 Å². The van der Waals surface area contributed by atoms with Gasteiger partial charge in [-0.3, -0.25) is 4.99 Å². The van der Waals surface area contributed by atoms with Crippen LogP contribution in [0, 0.1) is 6.92 Å². The lowest BCUT2D eigenvalue weighted by atomic mass is 10.1. The molecule has 2 N–H and O–H groups in total. The molecule has 0 aliphatic heterocycles. The van der Waals surface area contributed by atoms with Gasteiger partial charge in [0.25, 0.3) is 0 Å². The van der Waals surface area contributed by atoms with Crippen LogP contribution in [0.1, 0.15) is 24.5 Å². The second-order valence-corrected chi connectivity index (χ2v) is 8.42. The number of hydrogen-bond acceptors (Lipinski definition) is 4. The lowest BCUT2D eigenvalue weighted by Crippen LogP contribution is -2.39. The molecule has 0 radical (unpaired) electrons. The second-order valence-electron chi connectivity index (χ2n) is 6.06. The van der Waals surface area contributed by atoms with Gasteiger partial charge in [0.1, 0.15) is 5.75 Å². The van der Waals surface area contributed by atoms with Crippen molar-refractivity contribution in [3.8, 4) is 5.75 Å². The zero-order chi connectivity index (χ0) is 19.6. The maximum atomic E-state index is 11.7. The fourth-order valence-electron chi connectivity index (χ4n) is 2.43. The van der Waals surface area contributed by atoms with Crippen LogP contribution in [-0.2, 0) is 16.4 Å². The molecule has 0 spiro atoms. The average Bonchev–Trinajstić information content (AvgIpc) is 2.64. The van der Waals surface area contributed by atoms with Crippen LogP contribution in [0.2, 0.25) is 0 Å². The Labute approximate surface area is 157 Å². The van der Waals surface area contributed by atoms with E-state index in [0.29, 0.717) is 25.5 Å². The monoisotopic (exact) mass is 384 g/mol. The Morgan fingerprint density at radius 1 is 1.27 bits per heavy atom. The van der Waals surface area contributed by atoms with Crippen molar-refractivity contribution >= 4 is 16.0 Å².